The normalized spacial score (nSPS) is 16.2. The number of hydrogen-bond acceptors (Lipinski definition) is 4. The molecule has 1 aromatic heterocycles. The molecule has 0 saturated heterocycles. The van der Waals surface area contributed by atoms with Gasteiger partial charge in [-0.25, -0.2) is 0 Å². The predicted octanol–water partition coefficient (Wildman–Crippen LogP) is 2.50. The first-order valence-corrected chi connectivity index (χ1v) is 7.27. The second kappa shape index (κ2) is 5.01. The molecular formula is C12H14BrNO3S. The monoisotopic (exact) mass is 331 g/mol. The van der Waals surface area contributed by atoms with Crippen molar-refractivity contribution >= 4 is 39.1 Å². The summed E-state index contributed by atoms with van der Waals surface area (Å²) in [5.41, 5.74) is 0.558. The number of ether oxygens (including phenoxy) is 1. The smallest absolute Gasteiger partial charge is 0.313 e. The average molecular weight is 332 g/mol. The van der Waals surface area contributed by atoms with E-state index in [1.54, 1.807) is 0 Å². The van der Waals surface area contributed by atoms with Gasteiger partial charge >= 0.3 is 5.97 Å². The Bertz CT molecular complexity index is 494. The number of esters is 1. The van der Waals surface area contributed by atoms with Crippen LogP contribution in [0.5, 0.6) is 0 Å². The van der Waals surface area contributed by atoms with Gasteiger partial charge < -0.3 is 10.1 Å². The fraction of sp³-hybridized carbons (Fsp3) is 0.500. The third-order valence-electron chi connectivity index (χ3n) is 3.16. The van der Waals surface area contributed by atoms with Crippen LogP contribution in [0.15, 0.2) is 9.85 Å². The predicted molar refractivity (Wildman–Crippen MR) is 72.8 cm³/mol. The van der Waals surface area contributed by atoms with Gasteiger partial charge in [-0.2, -0.15) is 0 Å². The summed E-state index contributed by atoms with van der Waals surface area (Å²) < 4.78 is 5.57. The highest BCUT2D eigenvalue weighted by molar-refractivity contribution is 9.10. The Labute approximate surface area is 118 Å². The zero-order chi connectivity index (χ0) is 13.3. The van der Waals surface area contributed by atoms with Gasteiger partial charge in [0, 0.05) is 11.0 Å². The minimum Gasteiger partial charge on any atom is -0.469 e. The highest BCUT2D eigenvalue weighted by Gasteiger charge is 2.51. The maximum absolute atomic E-state index is 12.0. The first-order chi connectivity index (χ1) is 8.50. The Kier molecular flexibility index (Phi) is 3.77. The van der Waals surface area contributed by atoms with Crippen LogP contribution in [-0.4, -0.2) is 25.5 Å². The molecule has 2 rings (SSSR count). The van der Waals surface area contributed by atoms with Crippen molar-refractivity contribution in [2.75, 3.05) is 13.7 Å². The van der Waals surface area contributed by atoms with Crippen LogP contribution in [0.2, 0.25) is 0 Å². The maximum Gasteiger partial charge on any atom is 0.313 e. The molecule has 0 radical (unpaired) electrons. The Morgan fingerprint density at radius 3 is 2.67 bits per heavy atom. The van der Waals surface area contributed by atoms with Gasteiger partial charge in [0.25, 0.3) is 5.91 Å². The number of rotatable bonds is 4. The molecule has 0 aliphatic heterocycles. The largest absolute Gasteiger partial charge is 0.469 e. The SMILES string of the molecule is COC(=O)C1(CNC(=O)c2scc(C)c2Br)CC1. The van der Waals surface area contributed by atoms with E-state index in [1.807, 2.05) is 12.3 Å². The first-order valence-electron chi connectivity index (χ1n) is 5.60. The van der Waals surface area contributed by atoms with Crippen LogP contribution >= 0.6 is 27.3 Å². The van der Waals surface area contributed by atoms with Crippen LogP contribution in [0, 0.1) is 12.3 Å². The number of amides is 1. The van der Waals surface area contributed by atoms with E-state index in [1.165, 1.54) is 18.4 Å². The Morgan fingerprint density at radius 2 is 2.22 bits per heavy atom. The van der Waals surface area contributed by atoms with Gasteiger partial charge in [-0.1, -0.05) is 0 Å². The Morgan fingerprint density at radius 1 is 1.56 bits per heavy atom. The summed E-state index contributed by atoms with van der Waals surface area (Å²) in [6.07, 6.45) is 1.56. The van der Waals surface area contributed by atoms with Crippen LogP contribution in [0.3, 0.4) is 0 Å². The number of carbonyl (C=O) groups excluding carboxylic acids is 2. The van der Waals surface area contributed by atoms with E-state index in [0.29, 0.717) is 11.4 Å². The van der Waals surface area contributed by atoms with Gasteiger partial charge in [0.2, 0.25) is 0 Å². The van der Waals surface area contributed by atoms with Crippen LogP contribution < -0.4 is 5.32 Å². The van der Waals surface area contributed by atoms with Gasteiger partial charge in [-0.3, -0.25) is 9.59 Å². The Balaban J connectivity index is 1.97. The number of hydrogen-bond donors (Lipinski definition) is 1. The van der Waals surface area contributed by atoms with Crippen molar-refractivity contribution < 1.29 is 14.3 Å². The molecule has 1 saturated carbocycles. The fourth-order valence-electron chi connectivity index (χ4n) is 1.73. The van der Waals surface area contributed by atoms with Gasteiger partial charge in [0.1, 0.15) is 4.88 Å². The molecule has 1 aliphatic carbocycles. The molecule has 1 N–H and O–H groups in total. The van der Waals surface area contributed by atoms with E-state index < -0.39 is 5.41 Å². The van der Waals surface area contributed by atoms with Gasteiger partial charge in [0.15, 0.2) is 0 Å². The average Bonchev–Trinajstić information content (AvgIpc) is 3.09. The minimum absolute atomic E-state index is 0.143. The van der Waals surface area contributed by atoms with Crippen LogP contribution in [-0.2, 0) is 9.53 Å². The van der Waals surface area contributed by atoms with E-state index in [2.05, 4.69) is 21.2 Å². The van der Waals surface area contributed by atoms with E-state index in [0.717, 1.165) is 22.9 Å². The molecule has 0 bridgehead atoms. The lowest BCUT2D eigenvalue weighted by molar-refractivity contribution is -0.146. The Hall–Kier alpha value is -0.880. The quantitative estimate of drug-likeness (QED) is 0.862. The number of thiophene rings is 1. The van der Waals surface area contributed by atoms with Crippen molar-refractivity contribution in [3.8, 4) is 0 Å². The maximum atomic E-state index is 12.0. The van der Waals surface area contributed by atoms with E-state index in [9.17, 15) is 9.59 Å². The standard InChI is InChI=1S/C12H14BrNO3S/c1-7-5-18-9(8(7)13)10(15)14-6-12(3-4-12)11(16)17-2/h5H,3-4,6H2,1-2H3,(H,14,15). The molecule has 0 atom stereocenters. The van der Waals surface area contributed by atoms with Crippen LogP contribution in [0.4, 0.5) is 0 Å². The van der Waals surface area contributed by atoms with Crippen molar-refractivity contribution in [1.29, 1.82) is 0 Å². The lowest BCUT2D eigenvalue weighted by Crippen LogP contribution is -2.34. The van der Waals surface area contributed by atoms with Gasteiger partial charge in [0.05, 0.1) is 12.5 Å². The molecule has 1 fully saturated rings. The van der Waals surface area contributed by atoms with Crippen molar-refractivity contribution in [2.45, 2.75) is 19.8 Å². The molecule has 0 unspecified atom stereocenters. The van der Waals surface area contributed by atoms with Crippen molar-refractivity contribution in [1.82, 2.24) is 5.32 Å². The molecule has 1 amide bonds. The molecule has 6 heteroatoms. The van der Waals surface area contributed by atoms with Crippen LogP contribution in [0.25, 0.3) is 0 Å². The fourth-order valence-corrected chi connectivity index (χ4v) is 3.32. The molecule has 98 valence electrons. The molecule has 1 aromatic rings. The second-order valence-corrected chi connectivity index (χ2v) is 6.19. The summed E-state index contributed by atoms with van der Waals surface area (Å²) in [5, 5.41) is 4.73. The van der Waals surface area contributed by atoms with Gasteiger partial charge in [-0.15, -0.1) is 11.3 Å². The second-order valence-electron chi connectivity index (χ2n) is 4.52. The number of aryl methyl sites for hydroxylation is 1. The summed E-state index contributed by atoms with van der Waals surface area (Å²) in [7, 11) is 1.38. The molecule has 1 heterocycles. The number of nitrogens with one attached hydrogen (secondary N) is 1. The third-order valence-corrected chi connectivity index (χ3v) is 5.55. The van der Waals surface area contributed by atoms with Crippen molar-refractivity contribution in [3.05, 3.63) is 20.3 Å². The molecule has 4 nitrogen and oxygen atoms in total. The van der Waals surface area contributed by atoms with E-state index in [-0.39, 0.29) is 11.9 Å². The zero-order valence-electron chi connectivity index (χ0n) is 10.2. The summed E-state index contributed by atoms with van der Waals surface area (Å²) in [6.45, 7) is 2.29. The zero-order valence-corrected chi connectivity index (χ0v) is 12.6. The first kappa shape index (κ1) is 13.5. The highest BCUT2D eigenvalue weighted by Crippen LogP contribution is 2.46. The third kappa shape index (κ3) is 2.44. The number of methoxy groups -OCH3 is 1. The molecular weight excluding hydrogens is 318 g/mol. The molecule has 18 heavy (non-hydrogen) atoms. The molecule has 1 aliphatic rings. The molecule has 0 aromatic carbocycles. The highest BCUT2D eigenvalue weighted by atomic mass is 79.9. The van der Waals surface area contributed by atoms with Gasteiger partial charge in [-0.05, 0) is 46.6 Å². The topological polar surface area (TPSA) is 55.4 Å². The summed E-state index contributed by atoms with van der Waals surface area (Å²) >= 11 is 4.78. The van der Waals surface area contributed by atoms with Crippen molar-refractivity contribution in [2.24, 2.45) is 5.41 Å². The summed E-state index contributed by atoms with van der Waals surface area (Å²) in [5.74, 6) is -0.376. The number of carbonyl (C=O) groups is 2. The summed E-state index contributed by atoms with van der Waals surface area (Å²) in [6, 6.07) is 0. The minimum atomic E-state index is -0.483. The molecule has 0 spiro atoms. The lowest BCUT2D eigenvalue weighted by atomic mass is 10.1. The number of halogens is 1. The van der Waals surface area contributed by atoms with Crippen LogP contribution in [0.1, 0.15) is 28.1 Å². The summed E-state index contributed by atoms with van der Waals surface area (Å²) in [4.78, 5) is 24.2. The van der Waals surface area contributed by atoms with E-state index in [4.69, 9.17) is 4.74 Å². The van der Waals surface area contributed by atoms with E-state index >= 15 is 0 Å². The lowest BCUT2D eigenvalue weighted by Gasteiger charge is -2.13. The van der Waals surface area contributed by atoms with Crippen molar-refractivity contribution in [3.63, 3.8) is 0 Å².